The number of hydrogen-bond donors (Lipinski definition) is 2. The molecule has 4 heteroatoms. The molecule has 1 atom stereocenters. The molecular formula is C21H27NO3. The standard InChI is InChI=1S/C21H27NO3/c1-24-21-13-16(14-22-18-9-5-6-10-18)11-12-20(21)25-15-19(23)17-7-3-2-4-8-17/h2-4,7-8,11-13,18-19,22-23H,5-6,9-10,14-15H2,1H3/t19-/m1/s1. The minimum absolute atomic E-state index is 0.194. The van der Waals surface area contributed by atoms with Gasteiger partial charge in [-0.05, 0) is 36.1 Å². The second-order valence-corrected chi connectivity index (χ2v) is 6.58. The summed E-state index contributed by atoms with van der Waals surface area (Å²) in [5.41, 5.74) is 2.03. The smallest absolute Gasteiger partial charge is 0.161 e. The first-order valence-corrected chi connectivity index (χ1v) is 9.02. The summed E-state index contributed by atoms with van der Waals surface area (Å²) in [6, 6.07) is 16.1. The number of nitrogens with one attached hydrogen (secondary N) is 1. The van der Waals surface area contributed by atoms with Crippen LogP contribution in [0.4, 0.5) is 0 Å². The highest BCUT2D eigenvalue weighted by Gasteiger charge is 2.15. The van der Waals surface area contributed by atoms with Gasteiger partial charge in [-0.2, -0.15) is 0 Å². The van der Waals surface area contributed by atoms with Gasteiger partial charge in [0.1, 0.15) is 12.7 Å². The first-order valence-electron chi connectivity index (χ1n) is 9.02. The van der Waals surface area contributed by atoms with Crippen LogP contribution in [0.15, 0.2) is 48.5 Å². The number of aliphatic hydroxyl groups is 1. The fourth-order valence-corrected chi connectivity index (χ4v) is 3.27. The van der Waals surface area contributed by atoms with Crippen LogP contribution in [-0.4, -0.2) is 24.9 Å². The molecule has 3 rings (SSSR count). The van der Waals surface area contributed by atoms with Crippen molar-refractivity contribution in [1.82, 2.24) is 5.32 Å². The normalized spacial score (nSPS) is 15.9. The Labute approximate surface area is 149 Å². The highest BCUT2D eigenvalue weighted by atomic mass is 16.5. The molecule has 0 spiro atoms. The number of methoxy groups -OCH3 is 1. The van der Waals surface area contributed by atoms with Gasteiger partial charge in [-0.3, -0.25) is 0 Å². The molecule has 4 nitrogen and oxygen atoms in total. The van der Waals surface area contributed by atoms with Crippen molar-refractivity contribution in [3.63, 3.8) is 0 Å². The minimum Gasteiger partial charge on any atom is -0.493 e. The number of ether oxygens (including phenoxy) is 2. The fourth-order valence-electron chi connectivity index (χ4n) is 3.27. The molecule has 1 aliphatic carbocycles. The fraction of sp³-hybridized carbons (Fsp3) is 0.429. The van der Waals surface area contributed by atoms with E-state index in [4.69, 9.17) is 9.47 Å². The molecule has 0 unspecified atom stereocenters. The summed E-state index contributed by atoms with van der Waals surface area (Å²) in [7, 11) is 1.64. The van der Waals surface area contributed by atoms with Crippen molar-refractivity contribution >= 4 is 0 Å². The first-order chi connectivity index (χ1) is 12.3. The van der Waals surface area contributed by atoms with E-state index < -0.39 is 6.10 Å². The lowest BCUT2D eigenvalue weighted by molar-refractivity contribution is 0.106. The average Bonchev–Trinajstić information content (AvgIpc) is 3.19. The molecule has 0 saturated heterocycles. The summed E-state index contributed by atoms with van der Waals surface area (Å²) in [5, 5.41) is 13.8. The van der Waals surface area contributed by atoms with Crippen LogP contribution in [0, 0.1) is 0 Å². The lowest BCUT2D eigenvalue weighted by atomic mass is 10.1. The quantitative estimate of drug-likeness (QED) is 0.766. The van der Waals surface area contributed by atoms with E-state index in [2.05, 4.69) is 11.4 Å². The minimum atomic E-state index is -0.658. The van der Waals surface area contributed by atoms with Crippen LogP contribution in [0.2, 0.25) is 0 Å². The van der Waals surface area contributed by atoms with Gasteiger partial charge < -0.3 is 19.9 Å². The van der Waals surface area contributed by atoms with E-state index in [1.807, 2.05) is 42.5 Å². The Kier molecular flexibility index (Phi) is 6.31. The van der Waals surface area contributed by atoms with Crippen molar-refractivity contribution in [2.75, 3.05) is 13.7 Å². The van der Waals surface area contributed by atoms with Crippen molar-refractivity contribution in [2.24, 2.45) is 0 Å². The molecule has 1 fully saturated rings. The summed E-state index contributed by atoms with van der Waals surface area (Å²) >= 11 is 0. The zero-order chi connectivity index (χ0) is 17.5. The van der Waals surface area contributed by atoms with Crippen LogP contribution in [-0.2, 0) is 6.54 Å². The van der Waals surface area contributed by atoms with Gasteiger partial charge in [0.25, 0.3) is 0 Å². The molecule has 0 aromatic heterocycles. The van der Waals surface area contributed by atoms with Crippen molar-refractivity contribution in [1.29, 1.82) is 0 Å². The van der Waals surface area contributed by atoms with Gasteiger partial charge in [0, 0.05) is 12.6 Å². The summed E-state index contributed by atoms with van der Waals surface area (Å²) in [5.74, 6) is 1.35. The lowest BCUT2D eigenvalue weighted by Crippen LogP contribution is -2.25. The Morgan fingerprint density at radius 2 is 1.84 bits per heavy atom. The molecule has 2 aromatic carbocycles. The zero-order valence-electron chi connectivity index (χ0n) is 14.8. The molecule has 2 aromatic rings. The van der Waals surface area contributed by atoms with E-state index in [9.17, 15) is 5.11 Å². The van der Waals surface area contributed by atoms with Crippen LogP contribution >= 0.6 is 0 Å². The van der Waals surface area contributed by atoms with Crippen molar-refractivity contribution in [3.05, 3.63) is 59.7 Å². The highest BCUT2D eigenvalue weighted by Crippen LogP contribution is 2.29. The maximum absolute atomic E-state index is 10.2. The summed E-state index contributed by atoms with van der Waals surface area (Å²) < 4.78 is 11.2. The van der Waals surface area contributed by atoms with E-state index in [1.54, 1.807) is 7.11 Å². The summed E-state index contributed by atoms with van der Waals surface area (Å²) in [4.78, 5) is 0. The SMILES string of the molecule is COc1cc(CNC2CCCC2)ccc1OC[C@@H](O)c1ccccc1. The van der Waals surface area contributed by atoms with Crippen LogP contribution in [0.25, 0.3) is 0 Å². The van der Waals surface area contributed by atoms with E-state index in [0.29, 0.717) is 17.5 Å². The van der Waals surface area contributed by atoms with Gasteiger partial charge in [0.15, 0.2) is 11.5 Å². The number of benzene rings is 2. The van der Waals surface area contributed by atoms with E-state index in [-0.39, 0.29) is 6.61 Å². The van der Waals surface area contributed by atoms with Gasteiger partial charge in [-0.25, -0.2) is 0 Å². The second-order valence-electron chi connectivity index (χ2n) is 6.58. The molecule has 134 valence electrons. The van der Waals surface area contributed by atoms with Gasteiger partial charge in [-0.15, -0.1) is 0 Å². The molecule has 25 heavy (non-hydrogen) atoms. The molecule has 1 saturated carbocycles. The molecule has 0 heterocycles. The monoisotopic (exact) mass is 341 g/mol. The Morgan fingerprint density at radius 1 is 1.08 bits per heavy atom. The average molecular weight is 341 g/mol. The first kappa shape index (κ1) is 17.8. The maximum atomic E-state index is 10.2. The molecule has 2 N–H and O–H groups in total. The third kappa shape index (κ3) is 4.97. The summed E-state index contributed by atoms with van der Waals surface area (Å²) in [6.45, 7) is 1.04. The Hall–Kier alpha value is -2.04. The Morgan fingerprint density at radius 3 is 2.56 bits per heavy atom. The Balaban J connectivity index is 1.57. The van der Waals surface area contributed by atoms with Crippen LogP contribution in [0.5, 0.6) is 11.5 Å². The predicted molar refractivity (Wildman–Crippen MR) is 99.0 cm³/mol. The Bertz CT molecular complexity index is 653. The molecule has 0 radical (unpaired) electrons. The van der Waals surface area contributed by atoms with Gasteiger partial charge in [-0.1, -0.05) is 49.2 Å². The topological polar surface area (TPSA) is 50.7 Å². The van der Waals surface area contributed by atoms with Crippen molar-refractivity contribution in [2.45, 2.75) is 44.4 Å². The predicted octanol–water partition coefficient (Wildman–Crippen LogP) is 3.84. The van der Waals surface area contributed by atoms with Crippen molar-refractivity contribution < 1.29 is 14.6 Å². The number of hydrogen-bond acceptors (Lipinski definition) is 4. The number of rotatable bonds is 8. The van der Waals surface area contributed by atoms with Gasteiger partial charge in [0.2, 0.25) is 0 Å². The molecule has 0 bridgehead atoms. The van der Waals surface area contributed by atoms with Gasteiger partial charge in [0.05, 0.1) is 7.11 Å². The molecule has 0 amide bonds. The lowest BCUT2D eigenvalue weighted by Gasteiger charge is -2.16. The largest absolute Gasteiger partial charge is 0.493 e. The van der Waals surface area contributed by atoms with Crippen LogP contribution < -0.4 is 14.8 Å². The molecule has 1 aliphatic rings. The zero-order valence-corrected chi connectivity index (χ0v) is 14.8. The van der Waals surface area contributed by atoms with Gasteiger partial charge >= 0.3 is 0 Å². The van der Waals surface area contributed by atoms with E-state index >= 15 is 0 Å². The molecule has 0 aliphatic heterocycles. The van der Waals surface area contributed by atoms with E-state index in [1.165, 1.54) is 31.2 Å². The summed E-state index contributed by atoms with van der Waals surface area (Å²) in [6.07, 6.45) is 4.55. The van der Waals surface area contributed by atoms with Crippen LogP contribution in [0.3, 0.4) is 0 Å². The molecular weight excluding hydrogens is 314 g/mol. The third-order valence-corrected chi connectivity index (χ3v) is 4.76. The maximum Gasteiger partial charge on any atom is 0.161 e. The third-order valence-electron chi connectivity index (χ3n) is 4.76. The van der Waals surface area contributed by atoms with Crippen molar-refractivity contribution in [3.8, 4) is 11.5 Å². The number of aliphatic hydroxyl groups excluding tert-OH is 1. The van der Waals surface area contributed by atoms with Crippen LogP contribution in [0.1, 0.15) is 42.9 Å². The second kappa shape index (κ2) is 8.88. The van der Waals surface area contributed by atoms with E-state index in [0.717, 1.165) is 12.1 Å². The highest BCUT2D eigenvalue weighted by molar-refractivity contribution is 5.43.